The van der Waals surface area contributed by atoms with Crippen molar-refractivity contribution < 1.29 is 19.8 Å². The summed E-state index contributed by atoms with van der Waals surface area (Å²) in [6.07, 6.45) is 4.66. The molecule has 1 amide bonds. The van der Waals surface area contributed by atoms with Gasteiger partial charge < -0.3 is 15.1 Å². The van der Waals surface area contributed by atoms with Crippen molar-refractivity contribution in [1.29, 1.82) is 0 Å². The highest BCUT2D eigenvalue weighted by atomic mass is 16.4. The van der Waals surface area contributed by atoms with Crippen LogP contribution in [0, 0.1) is 5.92 Å². The molecule has 0 bridgehead atoms. The monoisotopic (exact) mass is 225 g/mol. The van der Waals surface area contributed by atoms with Gasteiger partial charge in [-0.2, -0.15) is 0 Å². The molecular weight excluding hydrogens is 210 g/mol. The zero-order valence-electron chi connectivity index (χ0n) is 8.87. The third-order valence-corrected chi connectivity index (χ3v) is 3.20. The van der Waals surface area contributed by atoms with E-state index >= 15 is 0 Å². The van der Waals surface area contributed by atoms with Crippen LogP contribution in [0.2, 0.25) is 0 Å². The van der Waals surface area contributed by atoms with Crippen molar-refractivity contribution in [3.05, 3.63) is 12.2 Å². The molecule has 2 unspecified atom stereocenters. The molecule has 16 heavy (non-hydrogen) atoms. The van der Waals surface area contributed by atoms with Crippen molar-refractivity contribution in [2.45, 2.75) is 31.4 Å². The maximum atomic E-state index is 12.0. The normalized spacial score (nSPS) is 29.9. The summed E-state index contributed by atoms with van der Waals surface area (Å²) in [4.78, 5) is 24.3. The standard InChI is InChI=1S/C11H15NO4/c13-8-5-9(11(15)16)12(6-8)10(14)7-3-1-2-4-7/h1-2,7-9,13H,3-6H2,(H,15,16). The summed E-state index contributed by atoms with van der Waals surface area (Å²) in [5, 5.41) is 18.4. The number of allylic oxidation sites excluding steroid dienone is 2. The minimum Gasteiger partial charge on any atom is -0.480 e. The van der Waals surface area contributed by atoms with E-state index in [4.69, 9.17) is 5.11 Å². The number of nitrogens with zero attached hydrogens (tertiary/aromatic N) is 1. The third-order valence-electron chi connectivity index (χ3n) is 3.20. The van der Waals surface area contributed by atoms with Crippen LogP contribution in [-0.4, -0.2) is 45.7 Å². The fraction of sp³-hybridized carbons (Fsp3) is 0.636. The van der Waals surface area contributed by atoms with Gasteiger partial charge in [-0.25, -0.2) is 4.79 Å². The average molecular weight is 225 g/mol. The number of hydrogen-bond donors (Lipinski definition) is 2. The lowest BCUT2D eigenvalue weighted by molar-refractivity contribution is -0.149. The van der Waals surface area contributed by atoms with Crippen molar-refractivity contribution in [2.24, 2.45) is 5.92 Å². The Morgan fingerprint density at radius 1 is 1.25 bits per heavy atom. The number of amides is 1. The summed E-state index contributed by atoms with van der Waals surface area (Å²) in [6, 6.07) is -0.858. The van der Waals surface area contributed by atoms with Crippen molar-refractivity contribution in [3.63, 3.8) is 0 Å². The Morgan fingerprint density at radius 3 is 2.44 bits per heavy atom. The fourth-order valence-electron chi connectivity index (χ4n) is 2.34. The first-order valence-electron chi connectivity index (χ1n) is 5.46. The smallest absolute Gasteiger partial charge is 0.326 e. The van der Waals surface area contributed by atoms with Crippen molar-refractivity contribution in [3.8, 4) is 0 Å². The maximum absolute atomic E-state index is 12.0. The fourth-order valence-corrected chi connectivity index (χ4v) is 2.34. The first-order chi connectivity index (χ1) is 7.59. The second-order valence-electron chi connectivity index (χ2n) is 4.37. The molecule has 2 N–H and O–H groups in total. The molecule has 0 spiro atoms. The van der Waals surface area contributed by atoms with E-state index in [-0.39, 0.29) is 24.8 Å². The first-order valence-corrected chi connectivity index (χ1v) is 5.46. The molecular formula is C11H15NO4. The molecule has 88 valence electrons. The molecule has 1 fully saturated rings. The molecule has 0 aromatic heterocycles. The predicted molar refractivity (Wildman–Crippen MR) is 55.6 cm³/mol. The topological polar surface area (TPSA) is 77.8 Å². The van der Waals surface area contributed by atoms with Crippen LogP contribution in [0.1, 0.15) is 19.3 Å². The number of hydrogen-bond acceptors (Lipinski definition) is 3. The second-order valence-corrected chi connectivity index (χ2v) is 4.37. The van der Waals surface area contributed by atoms with Gasteiger partial charge in [0.2, 0.25) is 5.91 Å². The average Bonchev–Trinajstić information content (AvgIpc) is 2.84. The lowest BCUT2D eigenvalue weighted by Gasteiger charge is -2.24. The van der Waals surface area contributed by atoms with Crippen molar-refractivity contribution in [1.82, 2.24) is 4.90 Å². The third kappa shape index (κ3) is 1.95. The summed E-state index contributed by atoms with van der Waals surface area (Å²) < 4.78 is 0. The van der Waals surface area contributed by atoms with Crippen LogP contribution in [0.5, 0.6) is 0 Å². The highest BCUT2D eigenvalue weighted by molar-refractivity contribution is 5.86. The Bertz CT molecular complexity index is 331. The molecule has 1 saturated heterocycles. The van der Waals surface area contributed by atoms with Gasteiger partial charge in [-0.3, -0.25) is 4.79 Å². The van der Waals surface area contributed by atoms with Gasteiger partial charge in [0.15, 0.2) is 0 Å². The molecule has 1 heterocycles. The van der Waals surface area contributed by atoms with Crippen LogP contribution >= 0.6 is 0 Å². The molecule has 0 aromatic rings. The molecule has 0 saturated carbocycles. The highest BCUT2D eigenvalue weighted by Crippen LogP contribution is 2.26. The minimum absolute atomic E-state index is 0.132. The van der Waals surface area contributed by atoms with E-state index in [1.54, 1.807) is 0 Å². The summed E-state index contributed by atoms with van der Waals surface area (Å²) in [7, 11) is 0. The molecule has 2 atom stereocenters. The quantitative estimate of drug-likeness (QED) is 0.648. The molecule has 2 rings (SSSR count). The Labute approximate surface area is 93.4 Å². The van der Waals surface area contributed by atoms with Gasteiger partial charge in [0.1, 0.15) is 6.04 Å². The summed E-state index contributed by atoms with van der Waals surface area (Å²) in [6.45, 7) is 0.145. The Balaban J connectivity index is 2.06. The molecule has 2 aliphatic rings. The number of aliphatic carboxylic acids is 1. The van der Waals surface area contributed by atoms with E-state index in [1.165, 1.54) is 4.90 Å². The van der Waals surface area contributed by atoms with Crippen molar-refractivity contribution in [2.75, 3.05) is 6.54 Å². The largest absolute Gasteiger partial charge is 0.480 e. The van der Waals surface area contributed by atoms with E-state index in [9.17, 15) is 14.7 Å². The van der Waals surface area contributed by atoms with Gasteiger partial charge in [-0.05, 0) is 12.8 Å². The minimum atomic E-state index is -1.03. The van der Waals surface area contributed by atoms with E-state index in [2.05, 4.69) is 0 Å². The maximum Gasteiger partial charge on any atom is 0.326 e. The number of aliphatic hydroxyl groups is 1. The molecule has 1 aliphatic carbocycles. The number of carboxylic acid groups (broad SMARTS) is 1. The molecule has 1 aliphatic heterocycles. The first kappa shape index (κ1) is 11.1. The number of rotatable bonds is 2. The van der Waals surface area contributed by atoms with Gasteiger partial charge in [-0.1, -0.05) is 12.2 Å². The Morgan fingerprint density at radius 2 is 1.88 bits per heavy atom. The Kier molecular flexibility index (Phi) is 2.96. The van der Waals surface area contributed by atoms with Crippen molar-refractivity contribution >= 4 is 11.9 Å². The van der Waals surface area contributed by atoms with Gasteiger partial charge >= 0.3 is 5.97 Å². The van der Waals surface area contributed by atoms with Gasteiger partial charge in [0, 0.05) is 18.9 Å². The van der Waals surface area contributed by atoms with E-state index in [1.807, 2.05) is 12.2 Å². The predicted octanol–water partition coefficient (Wildman–Crippen LogP) is -0.00100. The van der Waals surface area contributed by atoms with E-state index in [0.717, 1.165) is 0 Å². The summed E-state index contributed by atoms with van der Waals surface area (Å²) in [5.41, 5.74) is 0. The Hall–Kier alpha value is -1.36. The number of carbonyl (C=O) groups is 2. The number of carboxylic acids is 1. The highest BCUT2D eigenvalue weighted by Gasteiger charge is 2.40. The number of carbonyl (C=O) groups excluding carboxylic acids is 1. The number of β-amino-alcohol motifs (C(OH)–C–C–N with tert-alkyl or cyclic N) is 1. The SMILES string of the molecule is O=C(O)C1CC(O)CN1C(=O)C1CC=CC1. The number of aliphatic hydroxyl groups excluding tert-OH is 1. The molecule has 0 aromatic carbocycles. The van der Waals surface area contributed by atoms with Crippen LogP contribution in [0.15, 0.2) is 12.2 Å². The molecule has 5 nitrogen and oxygen atoms in total. The number of likely N-dealkylation sites (tertiary alicyclic amines) is 1. The van der Waals surface area contributed by atoms with Crippen LogP contribution in [0.3, 0.4) is 0 Å². The summed E-state index contributed by atoms with van der Waals surface area (Å²) in [5.74, 6) is -1.31. The zero-order chi connectivity index (χ0) is 11.7. The van der Waals surface area contributed by atoms with Crippen LogP contribution in [0.4, 0.5) is 0 Å². The van der Waals surface area contributed by atoms with Crippen LogP contribution in [0.25, 0.3) is 0 Å². The van der Waals surface area contributed by atoms with Crippen LogP contribution in [-0.2, 0) is 9.59 Å². The van der Waals surface area contributed by atoms with Gasteiger partial charge in [0.25, 0.3) is 0 Å². The summed E-state index contributed by atoms with van der Waals surface area (Å²) >= 11 is 0. The van der Waals surface area contributed by atoms with E-state index < -0.39 is 18.1 Å². The second kappa shape index (κ2) is 4.25. The van der Waals surface area contributed by atoms with Crippen LogP contribution < -0.4 is 0 Å². The molecule has 5 heteroatoms. The zero-order valence-corrected chi connectivity index (χ0v) is 8.87. The van der Waals surface area contributed by atoms with Gasteiger partial charge in [-0.15, -0.1) is 0 Å². The molecule has 0 radical (unpaired) electrons. The lowest BCUT2D eigenvalue weighted by atomic mass is 10.1. The van der Waals surface area contributed by atoms with Gasteiger partial charge in [0.05, 0.1) is 6.10 Å². The van der Waals surface area contributed by atoms with E-state index in [0.29, 0.717) is 12.8 Å². The lowest BCUT2D eigenvalue weighted by Crippen LogP contribution is -2.43.